The minimum Gasteiger partial charge on any atom is -0.325 e. The summed E-state index contributed by atoms with van der Waals surface area (Å²) in [5.41, 5.74) is 0.725. The van der Waals surface area contributed by atoms with Gasteiger partial charge in [-0.2, -0.15) is 0 Å². The summed E-state index contributed by atoms with van der Waals surface area (Å²) < 4.78 is 0.823. The van der Waals surface area contributed by atoms with Crippen LogP contribution < -0.4 is 10.6 Å². The molecule has 4 nitrogen and oxygen atoms in total. The summed E-state index contributed by atoms with van der Waals surface area (Å²) in [7, 11) is 0. The molecule has 0 bridgehead atoms. The molecule has 1 fully saturated rings. The van der Waals surface area contributed by atoms with Crippen LogP contribution >= 0.6 is 27.5 Å². The van der Waals surface area contributed by atoms with Gasteiger partial charge in [-0.1, -0.05) is 11.6 Å². The molecule has 1 amide bonds. The highest BCUT2D eigenvalue weighted by Gasteiger charge is 2.13. The van der Waals surface area contributed by atoms with E-state index in [0.29, 0.717) is 11.6 Å². The van der Waals surface area contributed by atoms with Crippen molar-refractivity contribution in [3.05, 3.63) is 27.7 Å². The third-order valence-corrected chi connectivity index (χ3v) is 4.01. The van der Waals surface area contributed by atoms with Crippen molar-refractivity contribution in [1.29, 1.82) is 0 Å². The number of amides is 1. The summed E-state index contributed by atoms with van der Waals surface area (Å²) in [4.78, 5) is 14.0. The van der Waals surface area contributed by atoms with Crippen LogP contribution in [0.25, 0.3) is 0 Å². The van der Waals surface area contributed by atoms with Crippen molar-refractivity contribution in [1.82, 2.24) is 10.2 Å². The standard InChI is InChI=1S/C12H15BrClN3O/c13-10-2-1-9(7-11(10)14)16-12(18)8-17-5-3-15-4-6-17/h1-2,7,15H,3-6,8H2,(H,16,18). The van der Waals surface area contributed by atoms with E-state index in [-0.39, 0.29) is 5.91 Å². The second kappa shape index (κ2) is 6.52. The van der Waals surface area contributed by atoms with Gasteiger partial charge in [0.25, 0.3) is 0 Å². The lowest BCUT2D eigenvalue weighted by Crippen LogP contribution is -2.46. The normalized spacial score (nSPS) is 16.6. The fourth-order valence-electron chi connectivity index (χ4n) is 1.85. The summed E-state index contributed by atoms with van der Waals surface area (Å²) >= 11 is 9.29. The highest BCUT2D eigenvalue weighted by atomic mass is 79.9. The van der Waals surface area contributed by atoms with E-state index in [9.17, 15) is 4.79 Å². The number of hydrogen-bond donors (Lipinski definition) is 2. The summed E-state index contributed by atoms with van der Waals surface area (Å²) in [6.07, 6.45) is 0. The number of benzene rings is 1. The molecule has 0 radical (unpaired) electrons. The van der Waals surface area contributed by atoms with E-state index in [0.717, 1.165) is 36.3 Å². The quantitative estimate of drug-likeness (QED) is 0.889. The number of hydrogen-bond acceptors (Lipinski definition) is 3. The van der Waals surface area contributed by atoms with E-state index < -0.39 is 0 Å². The van der Waals surface area contributed by atoms with Gasteiger partial charge in [-0.15, -0.1) is 0 Å². The molecule has 18 heavy (non-hydrogen) atoms. The Morgan fingerprint density at radius 3 is 2.83 bits per heavy atom. The highest BCUT2D eigenvalue weighted by molar-refractivity contribution is 9.10. The molecule has 0 aliphatic carbocycles. The Morgan fingerprint density at radius 2 is 2.17 bits per heavy atom. The van der Waals surface area contributed by atoms with E-state index >= 15 is 0 Å². The molecule has 98 valence electrons. The summed E-state index contributed by atoms with van der Waals surface area (Å²) in [5, 5.41) is 6.70. The van der Waals surface area contributed by atoms with Crippen LogP contribution in [0.2, 0.25) is 5.02 Å². The van der Waals surface area contributed by atoms with E-state index in [1.807, 2.05) is 12.1 Å². The van der Waals surface area contributed by atoms with Crippen molar-refractivity contribution in [3.8, 4) is 0 Å². The Labute approximate surface area is 120 Å². The number of nitrogens with one attached hydrogen (secondary N) is 2. The molecule has 6 heteroatoms. The van der Waals surface area contributed by atoms with Crippen LogP contribution in [0.1, 0.15) is 0 Å². The van der Waals surface area contributed by atoms with Crippen molar-refractivity contribution in [3.63, 3.8) is 0 Å². The van der Waals surface area contributed by atoms with Crippen molar-refractivity contribution >= 4 is 39.1 Å². The van der Waals surface area contributed by atoms with E-state index in [2.05, 4.69) is 31.5 Å². The Balaban J connectivity index is 1.88. The molecule has 1 aliphatic heterocycles. The minimum atomic E-state index is -0.00436. The fraction of sp³-hybridized carbons (Fsp3) is 0.417. The van der Waals surface area contributed by atoms with Crippen molar-refractivity contribution < 1.29 is 4.79 Å². The minimum absolute atomic E-state index is 0.00436. The number of carbonyl (C=O) groups excluding carboxylic acids is 1. The third-order valence-electron chi connectivity index (χ3n) is 2.78. The van der Waals surface area contributed by atoms with E-state index in [1.165, 1.54) is 0 Å². The van der Waals surface area contributed by atoms with Gasteiger partial charge in [0.05, 0.1) is 11.6 Å². The van der Waals surface area contributed by atoms with Crippen LogP contribution in [0, 0.1) is 0 Å². The largest absolute Gasteiger partial charge is 0.325 e. The third kappa shape index (κ3) is 3.95. The first-order chi connectivity index (χ1) is 8.65. The first-order valence-electron chi connectivity index (χ1n) is 5.83. The average Bonchev–Trinajstić information content (AvgIpc) is 2.35. The fourth-order valence-corrected chi connectivity index (χ4v) is 2.27. The smallest absolute Gasteiger partial charge is 0.238 e. The van der Waals surface area contributed by atoms with E-state index in [1.54, 1.807) is 6.07 Å². The zero-order chi connectivity index (χ0) is 13.0. The molecule has 1 heterocycles. The van der Waals surface area contributed by atoms with Gasteiger partial charge in [0, 0.05) is 36.3 Å². The second-order valence-electron chi connectivity index (χ2n) is 4.20. The molecule has 0 saturated carbocycles. The number of nitrogens with zero attached hydrogens (tertiary/aromatic N) is 1. The predicted molar refractivity (Wildman–Crippen MR) is 77.1 cm³/mol. The molecule has 1 saturated heterocycles. The van der Waals surface area contributed by atoms with Gasteiger partial charge in [0.1, 0.15) is 0 Å². The predicted octanol–water partition coefficient (Wildman–Crippen LogP) is 1.95. The number of anilines is 1. The summed E-state index contributed by atoms with van der Waals surface area (Å²) in [6, 6.07) is 5.38. The topological polar surface area (TPSA) is 44.4 Å². The molecule has 0 aromatic heterocycles. The maximum Gasteiger partial charge on any atom is 0.238 e. The van der Waals surface area contributed by atoms with Crippen LogP contribution in [-0.2, 0) is 4.79 Å². The molecule has 2 rings (SSSR count). The monoisotopic (exact) mass is 331 g/mol. The van der Waals surface area contributed by atoms with Crippen molar-refractivity contribution in [2.75, 3.05) is 38.0 Å². The Bertz CT molecular complexity index is 435. The van der Waals surface area contributed by atoms with Crippen molar-refractivity contribution in [2.45, 2.75) is 0 Å². The zero-order valence-electron chi connectivity index (χ0n) is 9.88. The lowest BCUT2D eigenvalue weighted by molar-refractivity contribution is -0.117. The number of halogens is 2. The molecule has 1 aromatic rings. The van der Waals surface area contributed by atoms with Crippen LogP contribution in [0.15, 0.2) is 22.7 Å². The molecule has 0 atom stereocenters. The van der Waals surface area contributed by atoms with Gasteiger partial charge < -0.3 is 10.6 Å². The Morgan fingerprint density at radius 1 is 1.44 bits per heavy atom. The van der Waals surface area contributed by atoms with E-state index in [4.69, 9.17) is 11.6 Å². The average molecular weight is 333 g/mol. The van der Waals surface area contributed by atoms with Crippen LogP contribution in [-0.4, -0.2) is 43.5 Å². The van der Waals surface area contributed by atoms with Gasteiger partial charge in [0.2, 0.25) is 5.91 Å². The lowest BCUT2D eigenvalue weighted by atomic mass is 10.3. The van der Waals surface area contributed by atoms with Gasteiger partial charge in [-0.25, -0.2) is 0 Å². The molecule has 0 unspecified atom stereocenters. The van der Waals surface area contributed by atoms with Crippen LogP contribution in [0.5, 0.6) is 0 Å². The van der Waals surface area contributed by atoms with Crippen LogP contribution in [0.4, 0.5) is 5.69 Å². The van der Waals surface area contributed by atoms with Crippen LogP contribution in [0.3, 0.4) is 0 Å². The number of piperazine rings is 1. The molecule has 1 aromatic carbocycles. The highest BCUT2D eigenvalue weighted by Crippen LogP contribution is 2.25. The molecule has 0 spiro atoms. The zero-order valence-corrected chi connectivity index (χ0v) is 12.2. The summed E-state index contributed by atoms with van der Waals surface area (Å²) in [5.74, 6) is -0.00436. The van der Waals surface area contributed by atoms with Gasteiger partial charge in [-0.3, -0.25) is 9.69 Å². The second-order valence-corrected chi connectivity index (χ2v) is 5.46. The summed E-state index contributed by atoms with van der Waals surface area (Å²) in [6.45, 7) is 4.13. The first-order valence-corrected chi connectivity index (χ1v) is 7.00. The maximum atomic E-state index is 11.8. The maximum absolute atomic E-state index is 11.8. The Hall–Kier alpha value is -0.620. The molecular formula is C12H15BrClN3O. The first kappa shape index (κ1) is 13.8. The Kier molecular flexibility index (Phi) is 5.00. The SMILES string of the molecule is O=C(CN1CCNCC1)Nc1ccc(Br)c(Cl)c1. The molecular weight excluding hydrogens is 318 g/mol. The molecule has 2 N–H and O–H groups in total. The van der Waals surface area contributed by atoms with Gasteiger partial charge in [-0.05, 0) is 34.1 Å². The van der Waals surface area contributed by atoms with Crippen molar-refractivity contribution in [2.24, 2.45) is 0 Å². The number of rotatable bonds is 3. The van der Waals surface area contributed by atoms with Gasteiger partial charge >= 0.3 is 0 Å². The lowest BCUT2D eigenvalue weighted by Gasteiger charge is -2.26. The van der Waals surface area contributed by atoms with Gasteiger partial charge in [0.15, 0.2) is 0 Å². The molecule has 1 aliphatic rings. The number of carbonyl (C=O) groups is 1.